The zero-order valence-electron chi connectivity index (χ0n) is 16.8. The lowest BCUT2D eigenvalue weighted by atomic mass is 9.78. The van der Waals surface area contributed by atoms with Gasteiger partial charge in [-0.2, -0.15) is 0 Å². The van der Waals surface area contributed by atoms with Crippen molar-refractivity contribution in [1.82, 2.24) is 4.98 Å². The van der Waals surface area contributed by atoms with Crippen molar-refractivity contribution in [2.24, 2.45) is 5.92 Å². The number of carbonyl (C=O) groups is 1. The van der Waals surface area contributed by atoms with Crippen LogP contribution in [0.25, 0.3) is 0 Å². The van der Waals surface area contributed by atoms with Crippen LogP contribution in [0.3, 0.4) is 0 Å². The Balaban J connectivity index is 2.08. The summed E-state index contributed by atoms with van der Waals surface area (Å²) in [5, 5.41) is 3.06. The van der Waals surface area contributed by atoms with Gasteiger partial charge in [0.15, 0.2) is 0 Å². The first kappa shape index (κ1) is 20.7. The van der Waals surface area contributed by atoms with Gasteiger partial charge in [-0.25, -0.2) is 4.98 Å². The van der Waals surface area contributed by atoms with Gasteiger partial charge in [0, 0.05) is 12.7 Å². The Labute approximate surface area is 157 Å². The monoisotopic (exact) mass is 362 g/mol. The second-order valence-electron chi connectivity index (χ2n) is 7.48. The summed E-state index contributed by atoms with van der Waals surface area (Å²) < 4.78 is 11.7. The molecule has 0 unspecified atom stereocenters. The van der Waals surface area contributed by atoms with E-state index in [4.69, 9.17) is 9.47 Å². The topological polar surface area (TPSA) is 60.5 Å². The van der Waals surface area contributed by atoms with Crippen LogP contribution in [0.1, 0.15) is 71.4 Å². The summed E-state index contributed by atoms with van der Waals surface area (Å²) in [7, 11) is 0. The first-order valence-corrected chi connectivity index (χ1v) is 10.1. The molecule has 5 nitrogen and oxygen atoms in total. The summed E-state index contributed by atoms with van der Waals surface area (Å²) in [6, 6.07) is 3.70. The van der Waals surface area contributed by atoms with Gasteiger partial charge in [-0.3, -0.25) is 4.79 Å². The average Bonchev–Trinajstić information content (AvgIpc) is 2.62. The molecule has 26 heavy (non-hydrogen) atoms. The van der Waals surface area contributed by atoms with E-state index >= 15 is 0 Å². The molecule has 1 N–H and O–H groups in total. The van der Waals surface area contributed by atoms with Crippen LogP contribution >= 0.6 is 0 Å². The van der Waals surface area contributed by atoms with Gasteiger partial charge in [0.25, 0.3) is 5.91 Å². The molecule has 0 bridgehead atoms. The minimum Gasteiger partial charge on any atom is -0.478 e. The molecule has 1 fully saturated rings. The van der Waals surface area contributed by atoms with E-state index in [9.17, 15) is 4.79 Å². The molecule has 5 heteroatoms. The van der Waals surface area contributed by atoms with Crippen LogP contribution in [0.4, 0.5) is 5.69 Å². The van der Waals surface area contributed by atoms with E-state index in [1.807, 2.05) is 19.1 Å². The van der Waals surface area contributed by atoms with Gasteiger partial charge < -0.3 is 14.8 Å². The Morgan fingerprint density at radius 2 is 2.12 bits per heavy atom. The van der Waals surface area contributed by atoms with E-state index in [1.54, 1.807) is 0 Å². The molecular weight excluding hydrogens is 328 g/mol. The Bertz CT molecular complexity index is 591. The molecule has 1 aliphatic rings. The molecule has 2 rings (SSSR count). The minimum absolute atomic E-state index is 0.0398. The largest absolute Gasteiger partial charge is 0.478 e. The SMILES string of the molecule is CCCCOc1ccc(NC(=O)[C@@]2(OCCC)CCC[C@H](C)C2)c(C)n1. The molecule has 1 heterocycles. The molecule has 0 radical (unpaired) electrons. The van der Waals surface area contributed by atoms with E-state index in [0.29, 0.717) is 25.0 Å². The molecule has 1 aromatic rings. The summed E-state index contributed by atoms with van der Waals surface area (Å²) in [5.41, 5.74) is 0.786. The van der Waals surface area contributed by atoms with E-state index in [-0.39, 0.29) is 5.91 Å². The number of anilines is 1. The number of aryl methyl sites for hydroxylation is 1. The van der Waals surface area contributed by atoms with Crippen molar-refractivity contribution in [3.63, 3.8) is 0 Å². The maximum absolute atomic E-state index is 13.1. The fourth-order valence-corrected chi connectivity index (χ4v) is 3.51. The smallest absolute Gasteiger partial charge is 0.256 e. The first-order chi connectivity index (χ1) is 12.5. The normalized spacial score (nSPS) is 22.8. The van der Waals surface area contributed by atoms with Crippen LogP contribution in [0, 0.1) is 12.8 Å². The van der Waals surface area contributed by atoms with Crippen LogP contribution in [0.5, 0.6) is 5.88 Å². The lowest BCUT2D eigenvalue weighted by molar-refractivity contribution is -0.148. The maximum Gasteiger partial charge on any atom is 0.256 e. The zero-order valence-corrected chi connectivity index (χ0v) is 16.8. The number of ether oxygens (including phenoxy) is 2. The second kappa shape index (κ2) is 9.91. The van der Waals surface area contributed by atoms with Gasteiger partial charge in [-0.1, -0.05) is 33.6 Å². The van der Waals surface area contributed by atoms with Crippen LogP contribution in [-0.4, -0.2) is 29.7 Å². The standard InChI is InChI=1S/C21H34N2O3/c1-5-7-14-25-19-11-10-18(17(4)22-19)23-20(24)21(26-13-6-2)12-8-9-16(3)15-21/h10-11,16H,5-9,12-15H2,1-4H3,(H,23,24)/t16-,21+/m0/s1. The lowest BCUT2D eigenvalue weighted by Crippen LogP contribution is -2.49. The Morgan fingerprint density at radius 3 is 2.77 bits per heavy atom. The lowest BCUT2D eigenvalue weighted by Gasteiger charge is -2.38. The van der Waals surface area contributed by atoms with Gasteiger partial charge >= 0.3 is 0 Å². The summed E-state index contributed by atoms with van der Waals surface area (Å²) >= 11 is 0. The number of hydrogen-bond donors (Lipinski definition) is 1. The molecule has 146 valence electrons. The molecule has 2 atom stereocenters. The van der Waals surface area contributed by atoms with Crippen LogP contribution in [-0.2, 0) is 9.53 Å². The molecule has 0 saturated heterocycles. The molecular formula is C21H34N2O3. The first-order valence-electron chi connectivity index (χ1n) is 10.1. The summed E-state index contributed by atoms with van der Waals surface area (Å²) in [4.78, 5) is 17.6. The minimum atomic E-state index is -0.712. The van der Waals surface area contributed by atoms with Gasteiger partial charge in [0.05, 0.1) is 18.0 Å². The number of hydrogen-bond acceptors (Lipinski definition) is 4. The number of unbranched alkanes of at least 4 members (excludes halogenated alkanes) is 1. The van der Waals surface area contributed by atoms with Crippen LogP contribution in [0.2, 0.25) is 0 Å². The molecule has 0 spiro atoms. The number of rotatable bonds is 9. The molecule has 1 amide bonds. The van der Waals surface area contributed by atoms with Crippen LogP contribution < -0.4 is 10.1 Å². The van der Waals surface area contributed by atoms with Crippen molar-refractivity contribution < 1.29 is 14.3 Å². The summed E-state index contributed by atoms with van der Waals surface area (Å²) in [6.07, 6.45) is 6.76. The third-order valence-corrected chi connectivity index (χ3v) is 5.01. The van der Waals surface area contributed by atoms with E-state index < -0.39 is 5.60 Å². The predicted molar refractivity (Wildman–Crippen MR) is 105 cm³/mol. The van der Waals surface area contributed by atoms with E-state index in [0.717, 1.165) is 56.3 Å². The second-order valence-corrected chi connectivity index (χ2v) is 7.48. The molecule has 1 aliphatic carbocycles. The van der Waals surface area contributed by atoms with Crippen LogP contribution in [0.15, 0.2) is 12.1 Å². The van der Waals surface area contributed by atoms with Crippen molar-refractivity contribution in [3.8, 4) is 5.88 Å². The molecule has 1 saturated carbocycles. The maximum atomic E-state index is 13.1. The van der Waals surface area contributed by atoms with Gasteiger partial charge in [-0.05, 0) is 51.0 Å². The van der Waals surface area contributed by atoms with E-state index in [1.165, 1.54) is 0 Å². The summed E-state index contributed by atoms with van der Waals surface area (Å²) in [6.45, 7) is 9.58. The van der Waals surface area contributed by atoms with Gasteiger partial charge in [-0.15, -0.1) is 0 Å². The molecule has 1 aromatic heterocycles. The number of carbonyl (C=O) groups excluding carboxylic acids is 1. The number of nitrogens with zero attached hydrogens (tertiary/aromatic N) is 1. The number of amides is 1. The van der Waals surface area contributed by atoms with E-state index in [2.05, 4.69) is 31.1 Å². The fraction of sp³-hybridized carbons (Fsp3) is 0.714. The number of aromatic nitrogens is 1. The van der Waals surface area contributed by atoms with Gasteiger partial charge in [0.1, 0.15) is 5.60 Å². The molecule has 0 aliphatic heterocycles. The van der Waals surface area contributed by atoms with Crippen molar-refractivity contribution >= 4 is 11.6 Å². The van der Waals surface area contributed by atoms with Gasteiger partial charge in [0.2, 0.25) is 5.88 Å². The van der Waals surface area contributed by atoms with Crippen molar-refractivity contribution in [2.75, 3.05) is 18.5 Å². The Hall–Kier alpha value is -1.62. The number of nitrogens with one attached hydrogen (secondary N) is 1. The van der Waals surface area contributed by atoms with Crippen molar-refractivity contribution in [2.45, 2.75) is 78.2 Å². The number of pyridine rings is 1. The Kier molecular flexibility index (Phi) is 7.88. The third kappa shape index (κ3) is 5.44. The third-order valence-electron chi connectivity index (χ3n) is 5.01. The highest BCUT2D eigenvalue weighted by Crippen LogP contribution is 2.36. The highest BCUT2D eigenvalue weighted by atomic mass is 16.5. The fourth-order valence-electron chi connectivity index (χ4n) is 3.51. The molecule has 0 aromatic carbocycles. The predicted octanol–water partition coefficient (Wildman–Crippen LogP) is 4.88. The quantitative estimate of drug-likeness (QED) is 0.636. The zero-order chi connectivity index (χ0) is 19.0. The van der Waals surface area contributed by atoms with Crippen molar-refractivity contribution in [1.29, 1.82) is 0 Å². The Morgan fingerprint density at radius 1 is 1.31 bits per heavy atom. The average molecular weight is 363 g/mol. The highest BCUT2D eigenvalue weighted by molar-refractivity contribution is 5.97. The van der Waals surface area contributed by atoms with Crippen molar-refractivity contribution in [3.05, 3.63) is 17.8 Å². The summed E-state index contributed by atoms with van der Waals surface area (Å²) in [5.74, 6) is 1.07. The highest BCUT2D eigenvalue weighted by Gasteiger charge is 2.42.